The quantitative estimate of drug-likeness (QED) is 0.197. The van der Waals surface area contributed by atoms with Gasteiger partial charge in [-0.25, -0.2) is 0 Å². The Morgan fingerprint density at radius 1 is 0.600 bits per heavy atom. The van der Waals surface area contributed by atoms with E-state index in [0.29, 0.717) is 24.8 Å². The van der Waals surface area contributed by atoms with Crippen molar-refractivity contribution in [3.8, 4) is 28.5 Å². The smallest absolute Gasteiger partial charge is 0.120 e. The first-order chi connectivity index (χ1) is 19.6. The Labute approximate surface area is 238 Å². The van der Waals surface area contributed by atoms with Crippen molar-refractivity contribution in [3.05, 3.63) is 149 Å². The molecule has 0 atom stereocenters. The molecule has 0 unspecified atom stereocenters. The molecule has 0 radical (unpaired) electrons. The van der Waals surface area contributed by atoms with Crippen molar-refractivity contribution in [2.24, 2.45) is 0 Å². The molecule has 6 aromatic rings. The minimum Gasteiger partial charge on any atom is -0.508 e. The number of phenolic OH excluding ortho intramolecular Hbond substituents is 1. The predicted molar refractivity (Wildman–Crippen MR) is 161 cm³/mol. The van der Waals surface area contributed by atoms with E-state index in [-0.39, 0.29) is 5.75 Å². The Morgan fingerprint density at radius 2 is 1.18 bits per heavy atom. The number of phenols is 1. The van der Waals surface area contributed by atoms with Crippen LogP contribution < -0.4 is 9.47 Å². The zero-order valence-corrected chi connectivity index (χ0v) is 22.6. The summed E-state index contributed by atoms with van der Waals surface area (Å²) in [5.74, 6) is 1.79. The molecule has 5 heteroatoms. The summed E-state index contributed by atoms with van der Waals surface area (Å²) >= 11 is 7.11. The average Bonchev–Trinajstić information content (AvgIpc) is 3.27. The van der Waals surface area contributed by atoms with Crippen molar-refractivity contribution in [2.75, 3.05) is 0 Å². The van der Waals surface area contributed by atoms with Crippen LogP contribution in [-0.2, 0) is 19.8 Å². The number of ether oxygens (including phenoxy) is 2. The largest absolute Gasteiger partial charge is 0.508 e. The summed E-state index contributed by atoms with van der Waals surface area (Å²) in [6.07, 6.45) is 0. The SMILES string of the molecule is Oc1ccc(Cn2c(-c3ccc(OCc4ccccc4)cc3)c(Cl)c3cc(OCc4ccccc4)ccc32)cc1. The molecule has 0 aliphatic rings. The molecule has 0 saturated heterocycles. The van der Waals surface area contributed by atoms with Gasteiger partial charge in [-0.1, -0.05) is 84.4 Å². The second kappa shape index (κ2) is 11.6. The van der Waals surface area contributed by atoms with Crippen LogP contribution in [0, 0.1) is 0 Å². The van der Waals surface area contributed by atoms with Gasteiger partial charge < -0.3 is 19.1 Å². The van der Waals surface area contributed by atoms with Crippen LogP contribution >= 0.6 is 11.6 Å². The van der Waals surface area contributed by atoms with Gasteiger partial charge in [-0.15, -0.1) is 0 Å². The third kappa shape index (κ3) is 5.68. The predicted octanol–water partition coefficient (Wildman–Crippen LogP) is 8.87. The summed E-state index contributed by atoms with van der Waals surface area (Å²) in [6.45, 7) is 1.58. The van der Waals surface area contributed by atoms with Crippen molar-refractivity contribution in [1.82, 2.24) is 4.57 Å². The summed E-state index contributed by atoms with van der Waals surface area (Å²) in [6, 6.07) is 41.6. The fourth-order valence-electron chi connectivity index (χ4n) is 4.80. The molecule has 0 bridgehead atoms. The fourth-order valence-corrected chi connectivity index (χ4v) is 5.17. The maximum absolute atomic E-state index is 9.78. The number of nitrogens with zero attached hydrogens (tertiary/aromatic N) is 1. The highest BCUT2D eigenvalue weighted by Gasteiger charge is 2.19. The van der Waals surface area contributed by atoms with Gasteiger partial charge in [-0.2, -0.15) is 0 Å². The van der Waals surface area contributed by atoms with E-state index in [9.17, 15) is 5.11 Å². The maximum atomic E-state index is 9.78. The molecule has 198 valence electrons. The van der Waals surface area contributed by atoms with E-state index in [1.54, 1.807) is 12.1 Å². The van der Waals surface area contributed by atoms with Gasteiger partial charge in [0, 0.05) is 11.9 Å². The summed E-state index contributed by atoms with van der Waals surface area (Å²) < 4.78 is 14.3. The first-order valence-corrected chi connectivity index (χ1v) is 13.6. The van der Waals surface area contributed by atoms with Crippen molar-refractivity contribution < 1.29 is 14.6 Å². The van der Waals surface area contributed by atoms with Crippen LogP contribution in [0.5, 0.6) is 17.2 Å². The minimum atomic E-state index is 0.241. The topological polar surface area (TPSA) is 43.6 Å². The standard InChI is InChI=1S/C35H28ClNO3/c36-34-32-21-31(40-24-27-9-5-2-6-10-27)19-20-33(32)37(22-25-11-15-29(38)16-12-25)35(34)28-13-17-30(18-14-28)39-23-26-7-3-1-4-8-26/h1-21,38H,22-24H2. The summed E-state index contributed by atoms with van der Waals surface area (Å²) in [7, 11) is 0. The van der Waals surface area contributed by atoms with Crippen molar-refractivity contribution in [2.45, 2.75) is 19.8 Å². The first-order valence-electron chi connectivity index (χ1n) is 13.2. The van der Waals surface area contributed by atoms with Crippen molar-refractivity contribution in [1.29, 1.82) is 0 Å². The molecule has 0 aliphatic heterocycles. The average molecular weight is 546 g/mol. The lowest BCUT2D eigenvalue weighted by Crippen LogP contribution is -2.02. The summed E-state index contributed by atoms with van der Waals surface area (Å²) in [5.41, 5.74) is 6.19. The zero-order chi connectivity index (χ0) is 27.3. The number of rotatable bonds is 9. The highest BCUT2D eigenvalue weighted by atomic mass is 35.5. The lowest BCUT2D eigenvalue weighted by Gasteiger charge is -2.13. The highest BCUT2D eigenvalue weighted by molar-refractivity contribution is 6.38. The van der Waals surface area contributed by atoms with Crippen LogP contribution in [-0.4, -0.2) is 9.67 Å². The molecule has 0 aliphatic carbocycles. The van der Waals surface area contributed by atoms with Crippen LogP contribution in [0.2, 0.25) is 5.02 Å². The highest BCUT2D eigenvalue weighted by Crippen LogP contribution is 2.40. The number of aromatic hydroxyl groups is 1. The monoisotopic (exact) mass is 545 g/mol. The van der Waals surface area contributed by atoms with Crippen LogP contribution in [0.15, 0.2) is 127 Å². The molecule has 5 aromatic carbocycles. The molecule has 1 heterocycles. The van der Waals surface area contributed by atoms with Crippen LogP contribution in [0.3, 0.4) is 0 Å². The number of fused-ring (bicyclic) bond motifs is 1. The third-order valence-electron chi connectivity index (χ3n) is 6.87. The minimum absolute atomic E-state index is 0.241. The van der Waals surface area contributed by atoms with Gasteiger partial charge in [-0.3, -0.25) is 0 Å². The zero-order valence-electron chi connectivity index (χ0n) is 21.8. The van der Waals surface area contributed by atoms with E-state index in [1.165, 1.54) is 0 Å². The molecule has 0 amide bonds. The van der Waals surface area contributed by atoms with Gasteiger partial charge >= 0.3 is 0 Å². The lowest BCUT2D eigenvalue weighted by atomic mass is 10.1. The third-order valence-corrected chi connectivity index (χ3v) is 7.26. The van der Waals surface area contributed by atoms with Crippen molar-refractivity contribution >= 4 is 22.5 Å². The molecule has 1 aromatic heterocycles. The fraction of sp³-hybridized carbons (Fsp3) is 0.0857. The van der Waals surface area contributed by atoms with Gasteiger partial charge in [0.2, 0.25) is 0 Å². The van der Waals surface area contributed by atoms with Gasteiger partial charge in [0.05, 0.1) is 16.2 Å². The van der Waals surface area contributed by atoms with E-state index < -0.39 is 0 Å². The molecule has 0 saturated carbocycles. The Morgan fingerprint density at radius 3 is 1.80 bits per heavy atom. The molecule has 4 nitrogen and oxygen atoms in total. The van der Waals surface area contributed by atoms with E-state index in [0.717, 1.165) is 50.3 Å². The van der Waals surface area contributed by atoms with E-state index in [1.807, 2.05) is 109 Å². The lowest BCUT2D eigenvalue weighted by molar-refractivity contribution is 0.306. The number of halogens is 1. The summed E-state index contributed by atoms with van der Waals surface area (Å²) in [4.78, 5) is 0. The number of hydrogen-bond acceptors (Lipinski definition) is 3. The van der Waals surface area contributed by atoms with E-state index in [4.69, 9.17) is 21.1 Å². The molecule has 0 spiro atoms. The molecule has 1 N–H and O–H groups in total. The second-order valence-electron chi connectivity index (χ2n) is 9.67. The van der Waals surface area contributed by atoms with Gasteiger partial charge in [0.1, 0.15) is 30.5 Å². The van der Waals surface area contributed by atoms with Crippen LogP contribution in [0.1, 0.15) is 16.7 Å². The maximum Gasteiger partial charge on any atom is 0.120 e. The summed E-state index contributed by atoms with van der Waals surface area (Å²) in [5, 5.41) is 11.4. The number of benzene rings is 5. The Hall–Kier alpha value is -4.67. The second-order valence-corrected chi connectivity index (χ2v) is 10.0. The molecule has 40 heavy (non-hydrogen) atoms. The van der Waals surface area contributed by atoms with Crippen LogP contribution in [0.25, 0.3) is 22.2 Å². The molecule has 0 fully saturated rings. The van der Waals surface area contributed by atoms with E-state index >= 15 is 0 Å². The number of aromatic nitrogens is 1. The molecular weight excluding hydrogens is 518 g/mol. The van der Waals surface area contributed by atoms with Crippen LogP contribution in [0.4, 0.5) is 0 Å². The normalized spacial score (nSPS) is 11.0. The molecular formula is C35H28ClNO3. The van der Waals surface area contributed by atoms with Gasteiger partial charge in [0.15, 0.2) is 0 Å². The molecule has 6 rings (SSSR count). The van der Waals surface area contributed by atoms with Gasteiger partial charge in [0.25, 0.3) is 0 Å². The van der Waals surface area contributed by atoms with Gasteiger partial charge in [-0.05, 0) is 76.9 Å². The van der Waals surface area contributed by atoms with Crippen molar-refractivity contribution in [3.63, 3.8) is 0 Å². The number of hydrogen-bond donors (Lipinski definition) is 1. The Balaban J connectivity index is 1.33. The Bertz CT molecular complexity index is 1710. The van der Waals surface area contributed by atoms with E-state index in [2.05, 4.69) is 10.6 Å². The Kier molecular flexibility index (Phi) is 7.43. The first kappa shape index (κ1) is 25.6.